The zero-order chi connectivity index (χ0) is 30.4. The highest BCUT2D eigenvalue weighted by atomic mass is 16.4. The molecule has 0 aromatic rings. The Morgan fingerprint density at radius 1 is 0.538 bits per heavy atom. The molecule has 8 N–H and O–H groups in total. The minimum Gasteiger partial charge on any atom is -0.480 e. The summed E-state index contributed by atoms with van der Waals surface area (Å²) in [6.07, 6.45) is 1.12. The van der Waals surface area contributed by atoms with Crippen LogP contribution in [-0.4, -0.2) is 76.6 Å². The van der Waals surface area contributed by atoms with E-state index in [-0.39, 0.29) is 42.9 Å². The number of carboxylic acid groups (broad SMARTS) is 1. The van der Waals surface area contributed by atoms with Gasteiger partial charge in [-0.2, -0.15) is 0 Å². The van der Waals surface area contributed by atoms with Gasteiger partial charge in [0.05, 0.1) is 12.6 Å². The maximum atomic E-state index is 13.1. The average molecular weight is 558 g/mol. The van der Waals surface area contributed by atoms with Gasteiger partial charge in [-0.05, 0) is 49.4 Å². The summed E-state index contributed by atoms with van der Waals surface area (Å²) in [5.74, 6) is -3.64. The lowest BCUT2D eigenvalue weighted by Gasteiger charge is -2.27. The number of amides is 4. The van der Waals surface area contributed by atoms with Crippen molar-refractivity contribution in [3.63, 3.8) is 0 Å². The molecule has 5 atom stereocenters. The van der Waals surface area contributed by atoms with Crippen LogP contribution in [0, 0.1) is 23.7 Å². The van der Waals surface area contributed by atoms with E-state index in [4.69, 9.17) is 5.73 Å². The standard InChI is InChI=1S/C27H51N5O7/c1-14(2)9-18(28)23(34)29-19(10-15(3)4)25(36)32-22(13-33)26(37)30-20(11-16(5)6)24(35)31-21(27(38)39)12-17(7)8/h14-22,33H,9-13,28H2,1-8H3,(H,29,34)(H,30,37)(H,31,35)(H,32,36)(H,38,39)/t18-,19-,20-,21-,22-/m0/s1. The molecule has 0 aliphatic rings. The van der Waals surface area contributed by atoms with Crippen molar-refractivity contribution in [3.8, 4) is 0 Å². The van der Waals surface area contributed by atoms with Crippen LogP contribution in [0.25, 0.3) is 0 Å². The second-order valence-electron chi connectivity index (χ2n) is 11.9. The monoisotopic (exact) mass is 557 g/mol. The molecule has 0 aromatic heterocycles. The van der Waals surface area contributed by atoms with Gasteiger partial charge in [-0.3, -0.25) is 19.2 Å². The van der Waals surface area contributed by atoms with Gasteiger partial charge in [-0.1, -0.05) is 55.4 Å². The SMILES string of the molecule is CC(C)C[C@H](NC(=O)[C@H](CC(C)C)NC(=O)[C@H](CO)NC(=O)[C@H](CC(C)C)NC(=O)[C@@H](N)CC(C)C)C(=O)O. The molecule has 12 nitrogen and oxygen atoms in total. The van der Waals surface area contributed by atoms with Gasteiger partial charge in [0.2, 0.25) is 23.6 Å². The summed E-state index contributed by atoms with van der Waals surface area (Å²) < 4.78 is 0. The number of aliphatic hydroxyl groups is 1. The molecule has 0 unspecified atom stereocenters. The molecule has 39 heavy (non-hydrogen) atoms. The summed E-state index contributed by atoms with van der Waals surface area (Å²) in [5.41, 5.74) is 5.95. The molecule has 4 amide bonds. The minimum atomic E-state index is -1.40. The quantitative estimate of drug-likeness (QED) is 0.126. The fourth-order valence-corrected chi connectivity index (χ4v) is 4.00. The second kappa shape index (κ2) is 17.8. The van der Waals surface area contributed by atoms with Crippen LogP contribution in [0.4, 0.5) is 0 Å². The Hall–Kier alpha value is -2.73. The predicted molar refractivity (Wildman–Crippen MR) is 148 cm³/mol. The van der Waals surface area contributed by atoms with Gasteiger partial charge >= 0.3 is 5.97 Å². The maximum Gasteiger partial charge on any atom is 0.326 e. The Labute approximate surface area is 232 Å². The third-order valence-corrected chi connectivity index (χ3v) is 5.88. The fourth-order valence-electron chi connectivity index (χ4n) is 4.00. The topological polar surface area (TPSA) is 200 Å². The lowest BCUT2D eigenvalue weighted by molar-refractivity contribution is -0.143. The van der Waals surface area contributed by atoms with Crippen LogP contribution in [0.5, 0.6) is 0 Å². The fraction of sp³-hybridized carbons (Fsp3) is 0.815. The van der Waals surface area contributed by atoms with Gasteiger partial charge in [0.25, 0.3) is 0 Å². The molecule has 0 saturated carbocycles. The number of rotatable bonds is 18. The van der Waals surface area contributed by atoms with E-state index < -0.39 is 66.4 Å². The number of carbonyl (C=O) groups excluding carboxylic acids is 4. The smallest absolute Gasteiger partial charge is 0.326 e. The van der Waals surface area contributed by atoms with Crippen molar-refractivity contribution in [1.29, 1.82) is 0 Å². The zero-order valence-electron chi connectivity index (χ0n) is 24.7. The van der Waals surface area contributed by atoms with Crippen molar-refractivity contribution in [3.05, 3.63) is 0 Å². The third-order valence-electron chi connectivity index (χ3n) is 5.88. The number of hydrogen-bond donors (Lipinski definition) is 7. The minimum absolute atomic E-state index is 0.0118. The first-order valence-corrected chi connectivity index (χ1v) is 13.8. The normalized spacial score (nSPS) is 15.4. The molecule has 0 radical (unpaired) electrons. The van der Waals surface area contributed by atoms with Crippen molar-refractivity contribution in [1.82, 2.24) is 21.3 Å². The van der Waals surface area contributed by atoms with E-state index >= 15 is 0 Å². The Kier molecular flexibility index (Phi) is 16.5. The highest BCUT2D eigenvalue weighted by Gasteiger charge is 2.32. The first-order valence-electron chi connectivity index (χ1n) is 13.8. The lowest BCUT2D eigenvalue weighted by Crippen LogP contribution is -2.59. The molecule has 226 valence electrons. The molecule has 0 bridgehead atoms. The van der Waals surface area contributed by atoms with Crippen LogP contribution in [0.15, 0.2) is 0 Å². The van der Waals surface area contributed by atoms with Gasteiger partial charge in [0.15, 0.2) is 0 Å². The van der Waals surface area contributed by atoms with E-state index in [1.165, 1.54) is 0 Å². The highest BCUT2D eigenvalue weighted by Crippen LogP contribution is 2.10. The number of hydrogen-bond acceptors (Lipinski definition) is 7. The number of nitrogens with two attached hydrogens (primary N) is 1. The Bertz CT molecular complexity index is 816. The molecule has 0 aliphatic heterocycles. The van der Waals surface area contributed by atoms with E-state index in [1.54, 1.807) is 0 Å². The van der Waals surface area contributed by atoms with Crippen LogP contribution >= 0.6 is 0 Å². The van der Waals surface area contributed by atoms with Crippen LogP contribution in [0.2, 0.25) is 0 Å². The van der Waals surface area contributed by atoms with E-state index in [1.807, 2.05) is 55.4 Å². The molecule has 0 aromatic carbocycles. The Morgan fingerprint density at radius 2 is 0.846 bits per heavy atom. The van der Waals surface area contributed by atoms with Gasteiger partial charge < -0.3 is 37.2 Å². The summed E-state index contributed by atoms with van der Waals surface area (Å²) >= 11 is 0. The molecule has 0 heterocycles. The largest absolute Gasteiger partial charge is 0.480 e. The summed E-state index contributed by atoms with van der Waals surface area (Å²) in [6.45, 7) is 14.2. The summed E-state index contributed by atoms with van der Waals surface area (Å²) in [5, 5.41) is 29.5. The van der Waals surface area contributed by atoms with Crippen molar-refractivity contribution in [2.45, 2.75) is 111 Å². The van der Waals surface area contributed by atoms with Crippen molar-refractivity contribution >= 4 is 29.6 Å². The van der Waals surface area contributed by atoms with Gasteiger partial charge in [-0.25, -0.2) is 4.79 Å². The predicted octanol–water partition coefficient (Wildman–Crippen LogP) is 0.514. The first-order chi connectivity index (χ1) is 18.0. The molecule has 0 saturated heterocycles. The molecule has 0 rings (SSSR count). The number of nitrogens with one attached hydrogen (secondary N) is 4. The molecule has 12 heteroatoms. The number of aliphatic carboxylic acids is 1. The van der Waals surface area contributed by atoms with Crippen LogP contribution in [0.1, 0.15) is 81.1 Å². The van der Waals surface area contributed by atoms with E-state index in [2.05, 4.69) is 21.3 Å². The summed E-state index contributed by atoms with van der Waals surface area (Å²) in [4.78, 5) is 63.2. The number of carboxylic acids is 1. The third kappa shape index (κ3) is 14.9. The first kappa shape index (κ1) is 36.3. The van der Waals surface area contributed by atoms with Gasteiger partial charge in [0.1, 0.15) is 24.2 Å². The zero-order valence-corrected chi connectivity index (χ0v) is 24.7. The maximum absolute atomic E-state index is 13.1. The summed E-state index contributed by atoms with van der Waals surface area (Å²) in [6, 6.07) is -5.40. The summed E-state index contributed by atoms with van der Waals surface area (Å²) in [7, 11) is 0. The molecule has 0 spiro atoms. The van der Waals surface area contributed by atoms with E-state index in [0.717, 1.165) is 0 Å². The van der Waals surface area contributed by atoms with Crippen LogP contribution < -0.4 is 27.0 Å². The molecule has 0 fully saturated rings. The van der Waals surface area contributed by atoms with Crippen LogP contribution in [-0.2, 0) is 24.0 Å². The van der Waals surface area contributed by atoms with Crippen LogP contribution in [0.3, 0.4) is 0 Å². The Balaban J connectivity index is 5.59. The van der Waals surface area contributed by atoms with Gasteiger partial charge in [-0.15, -0.1) is 0 Å². The number of aliphatic hydroxyl groups excluding tert-OH is 1. The van der Waals surface area contributed by atoms with Crippen molar-refractivity contribution in [2.75, 3.05) is 6.61 Å². The van der Waals surface area contributed by atoms with E-state index in [0.29, 0.717) is 6.42 Å². The van der Waals surface area contributed by atoms with Crippen molar-refractivity contribution in [2.24, 2.45) is 29.4 Å². The highest BCUT2D eigenvalue weighted by molar-refractivity contribution is 5.95. The molecule has 0 aliphatic carbocycles. The lowest BCUT2D eigenvalue weighted by atomic mass is 10.00. The number of carbonyl (C=O) groups is 5. The molecular weight excluding hydrogens is 506 g/mol. The molecular formula is C27H51N5O7. The average Bonchev–Trinajstić information content (AvgIpc) is 2.79. The Morgan fingerprint density at radius 3 is 1.21 bits per heavy atom. The van der Waals surface area contributed by atoms with E-state index in [9.17, 15) is 34.2 Å². The van der Waals surface area contributed by atoms with Gasteiger partial charge in [0, 0.05) is 0 Å². The second-order valence-corrected chi connectivity index (χ2v) is 11.9. The van der Waals surface area contributed by atoms with Crippen molar-refractivity contribution < 1.29 is 34.2 Å².